The molecule has 32 heavy (non-hydrogen) atoms. The van der Waals surface area contributed by atoms with E-state index in [0.29, 0.717) is 37.1 Å². The van der Waals surface area contributed by atoms with E-state index in [9.17, 15) is 9.59 Å². The summed E-state index contributed by atoms with van der Waals surface area (Å²) in [6, 6.07) is 9.82. The smallest absolute Gasteiger partial charge is 0.343 e. The average Bonchev–Trinajstić information content (AvgIpc) is 3.23. The van der Waals surface area contributed by atoms with Gasteiger partial charge < -0.3 is 14.2 Å². The number of aromatic nitrogens is 1. The number of nitrogens with one attached hydrogen (secondary N) is 1. The van der Waals surface area contributed by atoms with E-state index in [0.717, 1.165) is 4.47 Å². The lowest BCUT2D eigenvalue weighted by molar-refractivity contribution is 0.0732. The number of benzene rings is 2. The van der Waals surface area contributed by atoms with Crippen LogP contribution in [0.4, 0.5) is 0 Å². The Kier molecular flexibility index (Phi) is 6.87. The minimum absolute atomic E-state index is 0.106. The summed E-state index contributed by atoms with van der Waals surface area (Å²) in [5.41, 5.74) is 3.50. The molecule has 8 nitrogen and oxygen atoms in total. The number of rotatable bonds is 5. The van der Waals surface area contributed by atoms with Crippen LogP contribution in [0, 0.1) is 0 Å². The summed E-state index contributed by atoms with van der Waals surface area (Å²) >= 11 is 10.1. The van der Waals surface area contributed by atoms with E-state index in [1.54, 1.807) is 42.6 Å². The van der Waals surface area contributed by atoms with Crippen LogP contribution in [0.2, 0.25) is 0 Å². The van der Waals surface area contributed by atoms with Crippen LogP contribution in [0.1, 0.15) is 26.3 Å². The highest BCUT2D eigenvalue weighted by Gasteiger charge is 2.19. The van der Waals surface area contributed by atoms with Gasteiger partial charge in [0, 0.05) is 26.9 Å². The summed E-state index contributed by atoms with van der Waals surface area (Å²) in [7, 11) is 0. The molecule has 0 unspecified atom stereocenters. The van der Waals surface area contributed by atoms with Crippen LogP contribution in [0.25, 0.3) is 0 Å². The van der Waals surface area contributed by atoms with Gasteiger partial charge in [0.2, 0.25) is 6.79 Å². The minimum Gasteiger partial charge on any atom is -0.454 e. The van der Waals surface area contributed by atoms with Gasteiger partial charge in [-0.05, 0) is 68.3 Å². The fraction of sp³-hybridized carbons (Fsp3) is 0.0476. The highest BCUT2D eigenvalue weighted by atomic mass is 79.9. The zero-order valence-corrected chi connectivity index (χ0v) is 20.7. The van der Waals surface area contributed by atoms with Crippen molar-refractivity contribution in [2.45, 2.75) is 0 Å². The summed E-state index contributed by atoms with van der Waals surface area (Å²) in [4.78, 5) is 28.9. The number of hydrogen-bond acceptors (Lipinski definition) is 7. The summed E-state index contributed by atoms with van der Waals surface area (Å²) < 4.78 is 18.1. The van der Waals surface area contributed by atoms with Gasteiger partial charge in [-0.15, -0.1) is 0 Å². The van der Waals surface area contributed by atoms with Gasteiger partial charge in [0.05, 0.1) is 21.8 Å². The van der Waals surface area contributed by atoms with E-state index in [2.05, 4.69) is 63.3 Å². The first-order valence-electron chi connectivity index (χ1n) is 8.95. The van der Waals surface area contributed by atoms with Gasteiger partial charge in [0.1, 0.15) is 0 Å². The predicted molar refractivity (Wildman–Crippen MR) is 126 cm³/mol. The third kappa shape index (κ3) is 5.17. The van der Waals surface area contributed by atoms with Gasteiger partial charge in [0.15, 0.2) is 17.2 Å². The van der Waals surface area contributed by atoms with Crippen LogP contribution in [-0.2, 0) is 0 Å². The molecule has 1 amide bonds. The number of esters is 1. The fourth-order valence-electron chi connectivity index (χ4n) is 2.72. The van der Waals surface area contributed by atoms with Crippen molar-refractivity contribution in [2.24, 2.45) is 5.10 Å². The molecule has 11 heteroatoms. The molecular weight excluding hydrogens is 614 g/mol. The first-order chi connectivity index (χ1) is 15.4. The minimum atomic E-state index is -0.592. The molecule has 1 N–H and O–H groups in total. The maximum atomic E-state index is 12.7. The molecule has 0 bridgehead atoms. The van der Waals surface area contributed by atoms with Crippen molar-refractivity contribution in [1.29, 1.82) is 0 Å². The molecule has 2 heterocycles. The summed E-state index contributed by atoms with van der Waals surface area (Å²) in [6.45, 7) is 0.106. The van der Waals surface area contributed by atoms with E-state index < -0.39 is 11.9 Å². The molecule has 162 valence electrons. The molecule has 1 aliphatic rings. The van der Waals surface area contributed by atoms with Crippen LogP contribution in [-0.4, -0.2) is 29.9 Å². The highest BCUT2D eigenvalue weighted by molar-refractivity contribution is 9.11. The van der Waals surface area contributed by atoms with Crippen LogP contribution < -0.4 is 19.6 Å². The second-order valence-corrected chi connectivity index (χ2v) is 9.04. The standard InChI is InChI=1S/C21H12Br3N3O5/c22-14-3-12(8-26-27-20(28)13-4-15(23)9-25-7-13)19(16(24)6-14)32-21(29)11-1-2-17-18(5-11)31-10-30-17/h1-9H,10H2,(H,27,28)/b26-8-. The zero-order valence-electron chi connectivity index (χ0n) is 16.0. The van der Waals surface area contributed by atoms with Crippen LogP contribution in [0.15, 0.2) is 67.3 Å². The van der Waals surface area contributed by atoms with E-state index in [1.807, 2.05) is 0 Å². The van der Waals surface area contributed by atoms with Gasteiger partial charge in [-0.1, -0.05) is 15.9 Å². The maximum absolute atomic E-state index is 12.7. The lowest BCUT2D eigenvalue weighted by Crippen LogP contribution is -2.18. The Bertz CT molecular complexity index is 1250. The van der Waals surface area contributed by atoms with Crippen molar-refractivity contribution >= 4 is 65.9 Å². The highest BCUT2D eigenvalue weighted by Crippen LogP contribution is 2.35. The monoisotopic (exact) mass is 623 g/mol. The number of ether oxygens (including phenoxy) is 3. The van der Waals surface area contributed by atoms with Crippen LogP contribution in [0.5, 0.6) is 17.2 Å². The Morgan fingerprint density at radius 2 is 1.81 bits per heavy atom. The number of carbonyl (C=O) groups excluding carboxylic acids is 2. The predicted octanol–water partition coefficient (Wildman–Crippen LogP) is 5.08. The Morgan fingerprint density at radius 1 is 1.00 bits per heavy atom. The molecule has 0 fully saturated rings. The molecule has 0 saturated heterocycles. The van der Waals surface area contributed by atoms with E-state index in [1.165, 1.54) is 12.4 Å². The summed E-state index contributed by atoms with van der Waals surface area (Å²) in [5.74, 6) is 0.239. The largest absolute Gasteiger partial charge is 0.454 e. The Morgan fingerprint density at radius 3 is 2.62 bits per heavy atom. The van der Waals surface area contributed by atoms with Crippen molar-refractivity contribution in [2.75, 3.05) is 6.79 Å². The van der Waals surface area contributed by atoms with E-state index in [-0.39, 0.29) is 12.5 Å². The molecule has 2 aromatic carbocycles. The number of nitrogens with zero attached hydrogens (tertiary/aromatic N) is 2. The number of carbonyl (C=O) groups is 2. The van der Waals surface area contributed by atoms with Crippen LogP contribution in [0.3, 0.4) is 0 Å². The molecule has 4 rings (SSSR count). The second-order valence-electron chi connectivity index (χ2n) is 6.35. The number of hydrazone groups is 1. The lowest BCUT2D eigenvalue weighted by Gasteiger charge is -2.11. The first-order valence-corrected chi connectivity index (χ1v) is 11.3. The van der Waals surface area contributed by atoms with Gasteiger partial charge in [-0.2, -0.15) is 5.10 Å². The second kappa shape index (κ2) is 9.80. The Hall–Kier alpha value is -2.76. The SMILES string of the molecule is O=C(N/N=C\c1cc(Br)cc(Br)c1OC(=O)c1ccc2c(c1)OCO2)c1cncc(Br)c1. The number of fused-ring (bicyclic) bond motifs is 1. The molecule has 0 radical (unpaired) electrons. The molecule has 0 aliphatic carbocycles. The first kappa shape index (κ1) is 22.4. The lowest BCUT2D eigenvalue weighted by atomic mass is 10.2. The molecule has 3 aromatic rings. The maximum Gasteiger partial charge on any atom is 0.343 e. The third-order valence-electron chi connectivity index (χ3n) is 4.18. The Balaban J connectivity index is 1.53. The van der Waals surface area contributed by atoms with E-state index >= 15 is 0 Å². The number of halogens is 3. The van der Waals surface area contributed by atoms with Crippen molar-refractivity contribution in [3.8, 4) is 17.2 Å². The molecule has 0 saturated carbocycles. The average molecular weight is 626 g/mol. The Labute approximate surface area is 207 Å². The number of pyridine rings is 1. The molecule has 0 spiro atoms. The zero-order chi connectivity index (χ0) is 22.7. The van der Waals surface area contributed by atoms with Crippen molar-refractivity contribution in [1.82, 2.24) is 10.4 Å². The molecule has 1 aromatic heterocycles. The van der Waals surface area contributed by atoms with Crippen molar-refractivity contribution in [3.05, 3.63) is 78.9 Å². The number of hydrogen-bond donors (Lipinski definition) is 1. The van der Waals surface area contributed by atoms with Crippen molar-refractivity contribution in [3.63, 3.8) is 0 Å². The third-order valence-corrected chi connectivity index (χ3v) is 5.66. The van der Waals surface area contributed by atoms with Crippen molar-refractivity contribution < 1.29 is 23.8 Å². The molecule has 0 atom stereocenters. The quantitative estimate of drug-likeness (QED) is 0.184. The summed E-state index contributed by atoms with van der Waals surface area (Å²) in [6.07, 6.45) is 4.37. The summed E-state index contributed by atoms with van der Waals surface area (Å²) in [5, 5.41) is 3.98. The topological polar surface area (TPSA) is 99.1 Å². The molecule has 1 aliphatic heterocycles. The normalized spacial score (nSPS) is 12.1. The van der Waals surface area contributed by atoms with Gasteiger partial charge in [-0.3, -0.25) is 9.78 Å². The van der Waals surface area contributed by atoms with Gasteiger partial charge in [-0.25, -0.2) is 10.2 Å². The molecular formula is C21H12Br3N3O5. The van der Waals surface area contributed by atoms with Gasteiger partial charge in [0.25, 0.3) is 5.91 Å². The fourth-order valence-corrected chi connectivity index (χ4v) is 4.42. The van der Waals surface area contributed by atoms with Crippen LogP contribution >= 0.6 is 47.8 Å². The number of amides is 1. The van der Waals surface area contributed by atoms with E-state index in [4.69, 9.17) is 14.2 Å². The van der Waals surface area contributed by atoms with Gasteiger partial charge >= 0.3 is 5.97 Å².